The minimum atomic E-state index is 0.657. The standard InChI is InChI=1S/C23H25N.C13H10N2/c1-4-15-24(16-5-1)23-10-6-9-19-21-12-11-17-7-2-3-8-18(17)20(21)13-14-22(19)23;14-13-9-5-1-3-7-11(9)15-12-8-4-2-6-10(12)13/h2-3,7-8,11-14,23H,1,4-6,9-10,15-16H2;1-8H,(H2,14,15). The summed E-state index contributed by atoms with van der Waals surface area (Å²) >= 11 is 0. The van der Waals surface area contributed by atoms with Crippen molar-refractivity contribution in [2.45, 2.75) is 44.6 Å². The number of fused-ring (bicyclic) bond motifs is 7. The summed E-state index contributed by atoms with van der Waals surface area (Å²) in [4.78, 5) is 7.32. The summed E-state index contributed by atoms with van der Waals surface area (Å²) in [6.07, 6.45) is 8.09. The van der Waals surface area contributed by atoms with E-state index in [9.17, 15) is 0 Å². The van der Waals surface area contributed by atoms with Crippen molar-refractivity contribution in [2.75, 3.05) is 18.8 Å². The highest BCUT2D eigenvalue weighted by molar-refractivity contribution is 6.09. The Morgan fingerprint density at radius 3 is 1.97 bits per heavy atom. The molecule has 1 saturated heterocycles. The van der Waals surface area contributed by atoms with Crippen molar-refractivity contribution in [3.8, 4) is 0 Å². The quantitative estimate of drug-likeness (QED) is 0.178. The average Bonchev–Trinajstić information content (AvgIpc) is 3.01. The van der Waals surface area contributed by atoms with E-state index in [2.05, 4.69) is 58.4 Å². The molecule has 0 spiro atoms. The van der Waals surface area contributed by atoms with Crippen molar-refractivity contribution >= 4 is 49.0 Å². The van der Waals surface area contributed by atoms with Crippen LogP contribution in [0.1, 0.15) is 49.3 Å². The van der Waals surface area contributed by atoms with Crippen LogP contribution in [0, 0.1) is 0 Å². The first-order chi connectivity index (χ1) is 19.3. The van der Waals surface area contributed by atoms with E-state index in [1.807, 2.05) is 48.5 Å². The van der Waals surface area contributed by atoms with Crippen molar-refractivity contribution in [2.24, 2.45) is 0 Å². The van der Waals surface area contributed by atoms with Gasteiger partial charge in [-0.25, -0.2) is 4.98 Å². The molecule has 1 fully saturated rings. The van der Waals surface area contributed by atoms with Crippen LogP contribution in [0.25, 0.3) is 43.4 Å². The third-order valence-corrected chi connectivity index (χ3v) is 8.80. The molecule has 1 aliphatic heterocycles. The molecule has 2 aliphatic rings. The van der Waals surface area contributed by atoms with E-state index >= 15 is 0 Å². The van der Waals surface area contributed by atoms with Gasteiger partial charge in [0.05, 0.1) is 16.7 Å². The monoisotopic (exact) mass is 509 g/mol. The molecule has 1 aliphatic carbocycles. The molecule has 8 rings (SSSR count). The number of pyridine rings is 1. The zero-order valence-corrected chi connectivity index (χ0v) is 22.4. The lowest BCUT2D eigenvalue weighted by molar-refractivity contribution is 0.149. The van der Waals surface area contributed by atoms with Crippen molar-refractivity contribution in [1.82, 2.24) is 9.88 Å². The summed E-state index contributed by atoms with van der Waals surface area (Å²) in [5.74, 6) is 0. The molecule has 1 unspecified atom stereocenters. The van der Waals surface area contributed by atoms with E-state index in [4.69, 9.17) is 5.73 Å². The number of benzene rings is 5. The van der Waals surface area contributed by atoms with Crippen LogP contribution in [0.5, 0.6) is 0 Å². The lowest BCUT2D eigenvalue weighted by Gasteiger charge is -2.38. The van der Waals surface area contributed by atoms with Crippen LogP contribution >= 0.6 is 0 Å². The number of nitrogen functional groups attached to an aromatic ring is 1. The minimum Gasteiger partial charge on any atom is -0.398 e. The second-order valence-electron chi connectivity index (χ2n) is 11.1. The first kappa shape index (κ1) is 24.1. The molecule has 1 aromatic heterocycles. The third-order valence-electron chi connectivity index (χ3n) is 8.80. The number of likely N-dealkylation sites (tertiary alicyclic amines) is 1. The van der Waals surface area contributed by atoms with Gasteiger partial charge in [0.25, 0.3) is 0 Å². The molecule has 0 saturated carbocycles. The summed E-state index contributed by atoms with van der Waals surface area (Å²) in [5.41, 5.74) is 12.1. The molecule has 1 atom stereocenters. The van der Waals surface area contributed by atoms with Gasteiger partial charge in [-0.3, -0.25) is 4.90 Å². The van der Waals surface area contributed by atoms with Crippen LogP contribution in [-0.2, 0) is 6.42 Å². The number of hydrogen-bond donors (Lipinski definition) is 1. The van der Waals surface area contributed by atoms with E-state index in [1.165, 1.54) is 73.2 Å². The van der Waals surface area contributed by atoms with Crippen LogP contribution in [0.15, 0.2) is 97.1 Å². The Bertz CT molecular complexity index is 1740. The lowest BCUT2D eigenvalue weighted by atomic mass is 9.82. The van der Waals surface area contributed by atoms with Crippen molar-refractivity contribution in [3.05, 3.63) is 108 Å². The van der Waals surface area contributed by atoms with Gasteiger partial charge in [-0.1, -0.05) is 91.3 Å². The highest BCUT2D eigenvalue weighted by Crippen LogP contribution is 2.40. The largest absolute Gasteiger partial charge is 0.398 e. The average molecular weight is 510 g/mol. The highest BCUT2D eigenvalue weighted by atomic mass is 15.2. The maximum absolute atomic E-state index is 6.11. The van der Waals surface area contributed by atoms with Crippen molar-refractivity contribution < 1.29 is 0 Å². The van der Waals surface area contributed by atoms with Gasteiger partial charge in [0, 0.05) is 16.8 Å². The van der Waals surface area contributed by atoms with Gasteiger partial charge in [-0.2, -0.15) is 0 Å². The van der Waals surface area contributed by atoms with Gasteiger partial charge in [0.1, 0.15) is 0 Å². The Morgan fingerprint density at radius 2 is 1.23 bits per heavy atom. The van der Waals surface area contributed by atoms with Crippen LogP contribution in [0.4, 0.5) is 5.69 Å². The van der Waals surface area contributed by atoms with E-state index in [0.717, 1.165) is 27.5 Å². The van der Waals surface area contributed by atoms with Crippen LogP contribution in [0.2, 0.25) is 0 Å². The SMILES string of the molecule is Nc1c2ccccc2nc2ccccc12.c1ccc2c(c1)ccc1c3c(ccc12)C(N1CCCCC1)CCC3. The second-order valence-corrected chi connectivity index (χ2v) is 11.1. The molecule has 6 aromatic rings. The van der Waals surface area contributed by atoms with Crippen LogP contribution in [0.3, 0.4) is 0 Å². The molecule has 3 nitrogen and oxygen atoms in total. The molecule has 3 heteroatoms. The maximum Gasteiger partial charge on any atom is 0.0730 e. The Morgan fingerprint density at radius 1 is 0.590 bits per heavy atom. The molecule has 194 valence electrons. The number of para-hydroxylation sites is 2. The molecule has 39 heavy (non-hydrogen) atoms. The number of rotatable bonds is 1. The number of hydrogen-bond acceptors (Lipinski definition) is 3. The number of aryl methyl sites for hydroxylation is 1. The Kier molecular flexibility index (Phi) is 6.38. The molecule has 0 amide bonds. The van der Waals surface area contributed by atoms with Gasteiger partial charge in [-0.15, -0.1) is 0 Å². The lowest BCUT2D eigenvalue weighted by Crippen LogP contribution is -2.35. The number of nitrogens with two attached hydrogens (primary N) is 1. The van der Waals surface area contributed by atoms with Gasteiger partial charge in [0.15, 0.2) is 0 Å². The first-order valence-corrected chi connectivity index (χ1v) is 14.5. The van der Waals surface area contributed by atoms with Crippen molar-refractivity contribution in [1.29, 1.82) is 0 Å². The summed E-state index contributed by atoms with van der Waals surface area (Å²) in [7, 11) is 0. The van der Waals surface area contributed by atoms with Crippen LogP contribution in [-0.4, -0.2) is 23.0 Å². The molecular formula is C36H35N3. The zero-order chi connectivity index (χ0) is 26.2. The Hall–Kier alpha value is -3.95. The molecule has 0 bridgehead atoms. The van der Waals surface area contributed by atoms with E-state index in [1.54, 1.807) is 11.1 Å². The maximum atomic E-state index is 6.11. The fourth-order valence-corrected chi connectivity index (χ4v) is 6.87. The summed E-state index contributed by atoms with van der Waals surface area (Å²) < 4.78 is 0. The van der Waals surface area contributed by atoms with Crippen LogP contribution < -0.4 is 5.73 Å². The number of anilines is 1. The minimum absolute atomic E-state index is 0.657. The number of nitrogens with zero attached hydrogens (tertiary/aromatic N) is 2. The smallest absolute Gasteiger partial charge is 0.0730 e. The number of aromatic nitrogens is 1. The predicted octanol–water partition coefficient (Wildman–Crippen LogP) is 8.83. The Balaban J connectivity index is 0.000000145. The topological polar surface area (TPSA) is 42.1 Å². The molecule has 2 N–H and O–H groups in total. The zero-order valence-electron chi connectivity index (χ0n) is 22.4. The van der Waals surface area contributed by atoms with E-state index in [-0.39, 0.29) is 0 Å². The van der Waals surface area contributed by atoms with Gasteiger partial charge in [-0.05, 0) is 90.0 Å². The molecular weight excluding hydrogens is 474 g/mol. The molecule has 2 heterocycles. The summed E-state index contributed by atoms with van der Waals surface area (Å²) in [6.45, 7) is 2.58. The van der Waals surface area contributed by atoms with Crippen molar-refractivity contribution in [3.63, 3.8) is 0 Å². The predicted molar refractivity (Wildman–Crippen MR) is 166 cm³/mol. The third kappa shape index (κ3) is 4.41. The highest BCUT2D eigenvalue weighted by Gasteiger charge is 2.28. The fraction of sp³-hybridized carbons (Fsp3) is 0.250. The molecule has 5 aromatic carbocycles. The van der Waals surface area contributed by atoms with E-state index in [0.29, 0.717) is 6.04 Å². The normalized spacial score (nSPS) is 17.7. The molecule has 0 radical (unpaired) electrons. The first-order valence-electron chi connectivity index (χ1n) is 14.5. The summed E-state index contributed by atoms with van der Waals surface area (Å²) in [5, 5.41) is 7.73. The van der Waals surface area contributed by atoms with Gasteiger partial charge >= 0.3 is 0 Å². The number of piperidine rings is 1. The second kappa shape index (κ2) is 10.3. The fourth-order valence-electron chi connectivity index (χ4n) is 6.87. The van der Waals surface area contributed by atoms with Gasteiger partial charge in [0.2, 0.25) is 0 Å². The summed E-state index contributed by atoms with van der Waals surface area (Å²) in [6, 6.07) is 34.9. The Labute approximate surface area is 230 Å². The van der Waals surface area contributed by atoms with E-state index < -0.39 is 0 Å². The van der Waals surface area contributed by atoms with Gasteiger partial charge < -0.3 is 5.73 Å².